The molecule has 190 valence electrons. The van der Waals surface area contributed by atoms with Gasteiger partial charge in [0.1, 0.15) is 6.54 Å². The number of benzene rings is 1. The molecule has 0 atom stereocenters. The summed E-state index contributed by atoms with van der Waals surface area (Å²) in [5.41, 5.74) is 1.03. The average molecular weight is 504 g/mol. The number of anilines is 4. The number of halogens is 4. The number of nitrogens with one attached hydrogen (secondary N) is 1. The van der Waals surface area contributed by atoms with Crippen molar-refractivity contribution in [3.05, 3.63) is 59.8 Å². The lowest BCUT2D eigenvalue weighted by Crippen LogP contribution is -2.37. The van der Waals surface area contributed by atoms with Gasteiger partial charge in [0, 0.05) is 38.6 Å². The summed E-state index contributed by atoms with van der Waals surface area (Å²) in [5, 5.41) is 10.9. The molecule has 1 fully saturated rings. The number of hydrogen-bond acceptors (Lipinski definition) is 9. The average Bonchev–Trinajstić information content (AvgIpc) is 2.86. The predicted octanol–water partition coefficient (Wildman–Crippen LogP) is 4.96. The van der Waals surface area contributed by atoms with Crippen LogP contribution >= 0.6 is 0 Å². The number of pyridine rings is 1. The third-order valence-electron chi connectivity index (χ3n) is 5.29. The van der Waals surface area contributed by atoms with Crippen LogP contribution in [0.3, 0.4) is 0 Å². The molecular weight excluding hydrogens is 480 g/mol. The zero-order valence-electron chi connectivity index (χ0n) is 19.6. The standard InChI is InChI=1S/C23H24F4N8O/c1-34(2)19-10-15(23(25,26)27)9-18(11-19)31-17-4-3-16(28-12-17)13-30-33-22-29-14-20(24)21(32-22)35-5-7-36-8-6-35/h3-4,9-12,14,31H,5-8,13H2,1-2H3/b33-30+. The van der Waals surface area contributed by atoms with Gasteiger partial charge in [0.05, 0.1) is 42.6 Å². The number of ether oxygens (including phenoxy) is 1. The maximum absolute atomic E-state index is 14.1. The van der Waals surface area contributed by atoms with Gasteiger partial charge in [0.15, 0.2) is 11.6 Å². The molecule has 0 amide bonds. The highest BCUT2D eigenvalue weighted by atomic mass is 19.4. The predicted molar refractivity (Wildman–Crippen MR) is 127 cm³/mol. The van der Waals surface area contributed by atoms with E-state index in [0.29, 0.717) is 43.4 Å². The number of morpholine rings is 1. The van der Waals surface area contributed by atoms with Gasteiger partial charge >= 0.3 is 6.18 Å². The van der Waals surface area contributed by atoms with Gasteiger partial charge in [-0.1, -0.05) is 0 Å². The van der Waals surface area contributed by atoms with Crippen molar-refractivity contribution in [2.45, 2.75) is 12.7 Å². The highest BCUT2D eigenvalue weighted by Gasteiger charge is 2.31. The SMILES string of the molecule is CN(C)c1cc(Nc2ccc(C/N=N/c3ncc(F)c(N4CCOCC4)n3)nc2)cc(C(F)(F)F)c1. The first kappa shape index (κ1) is 25.2. The topological polar surface area (TPSA) is 91.1 Å². The summed E-state index contributed by atoms with van der Waals surface area (Å²) in [6, 6.07) is 7.10. The van der Waals surface area contributed by atoms with E-state index >= 15 is 0 Å². The van der Waals surface area contributed by atoms with Crippen LogP contribution in [-0.2, 0) is 17.5 Å². The highest BCUT2D eigenvalue weighted by molar-refractivity contribution is 5.66. The number of alkyl halides is 3. The van der Waals surface area contributed by atoms with Crippen LogP contribution in [0.15, 0.2) is 53.0 Å². The second-order valence-electron chi connectivity index (χ2n) is 8.16. The molecule has 36 heavy (non-hydrogen) atoms. The molecule has 3 aromatic rings. The molecule has 2 aromatic heterocycles. The van der Waals surface area contributed by atoms with Crippen molar-refractivity contribution in [3.63, 3.8) is 0 Å². The molecule has 0 aliphatic carbocycles. The fraction of sp³-hybridized carbons (Fsp3) is 0.348. The van der Waals surface area contributed by atoms with Gasteiger partial charge in [-0.05, 0) is 30.3 Å². The van der Waals surface area contributed by atoms with Crippen molar-refractivity contribution >= 4 is 28.8 Å². The van der Waals surface area contributed by atoms with E-state index in [4.69, 9.17) is 4.74 Å². The molecule has 9 nitrogen and oxygen atoms in total. The molecule has 3 heterocycles. The number of nitrogens with zero attached hydrogens (tertiary/aromatic N) is 7. The Kier molecular flexibility index (Phi) is 7.58. The molecule has 0 radical (unpaired) electrons. The Morgan fingerprint density at radius 2 is 1.83 bits per heavy atom. The fourth-order valence-electron chi connectivity index (χ4n) is 3.43. The van der Waals surface area contributed by atoms with Gasteiger partial charge in [-0.25, -0.2) is 9.37 Å². The fourth-order valence-corrected chi connectivity index (χ4v) is 3.43. The van der Waals surface area contributed by atoms with Crippen molar-refractivity contribution in [3.8, 4) is 0 Å². The first-order valence-corrected chi connectivity index (χ1v) is 11.0. The minimum atomic E-state index is -4.47. The zero-order valence-corrected chi connectivity index (χ0v) is 19.6. The van der Waals surface area contributed by atoms with Crippen LogP contribution in [0.5, 0.6) is 0 Å². The van der Waals surface area contributed by atoms with E-state index in [2.05, 4.69) is 30.5 Å². The monoisotopic (exact) mass is 504 g/mol. The van der Waals surface area contributed by atoms with Crippen LogP contribution in [0, 0.1) is 5.82 Å². The Labute approximate surface area is 204 Å². The number of azo groups is 1. The van der Waals surface area contributed by atoms with E-state index in [1.54, 1.807) is 42.1 Å². The quantitative estimate of drug-likeness (QED) is 0.359. The molecular formula is C23H24F4N8O. The van der Waals surface area contributed by atoms with Gasteiger partial charge in [-0.15, -0.1) is 5.11 Å². The second-order valence-corrected chi connectivity index (χ2v) is 8.16. The number of aromatic nitrogens is 3. The highest BCUT2D eigenvalue weighted by Crippen LogP contribution is 2.35. The van der Waals surface area contributed by atoms with Gasteiger partial charge in [-0.3, -0.25) is 4.98 Å². The molecule has 1 aliphatic heterocycles. The first-order chi connectivity index (χ1) is 17.2. The van der Waals surface area contributed by atoms with Crippen LogP contribution < -0.4 is 15.1 Å². The third-order valence-corrected chi connectivity index (χ3v) is 5.29. The molecule has 0 saturated carbocycles. The van der Waals surface area contributed by atoms with Crippen molar-refractivity contribution in [1.29, 1.82) is 0 Å². The summed E-state index contributed by atoms with van der Waals surface area (Å²) in [5.74, 6) is -0.362. The summed E-state index contributed by atoms with van der Waals surface area (Å²) < 4.78 is 59.2. The van der Waals surface area contributed by atoms with Crippen molar-refractivity contribution in [2.75, 3.05) is 55.5 Å². The molecule has 1 saturated heterocycles. The van der Waals surface area contributed by atoms with E-state index < -0.39 is 17.6 Å². The summed E-state index contributed by atoms with van der Waals surface area (Å²) >= 11 is 0. The summed E-state index contributed by atoms with van der Waals surface area (Å²) in [7, 11) is 3.34. The number of hydrogen-bond donors (Lipinski definition) is 1. The van der Waals surface area contributed by atoms with Crippen molar-refractivity contribution < 1.29 is 22.3 Å². The van der Waals surface area contributed by atoms with Crippen molar-refractivity contribution in [1.82, 2.24) is 15.0 Å². The van der Waals surface area contributed by atoms with Crippen LogP contribution in [-0.4, -0.2) is 55.4 Å². The molecule has 0 spiro atoms. The van der Waals surface area contributed by atoms with Crippen LogP contribution in [0.2, 0.25) is 0 Å². The molecule has 1 N–H and O–H groups in total. The minimum absolute atomic E-state index is 0.0254. The lowest BCUT2D eigenvalue weighted by atomic mass is 10.1. The Balaban J connectivity index is 1.41. The smallest absolute Gasteiger partial charge is 0.378 e. The maximum atomic E-state index is 14.1. The zero-order chi connectivity index (χ0) is 25.7. The lowest BCUT2D eigenvalue weighted by molar-refractivity contribution is -0.137. The van der Waals surface area contributed by atoms with Crippen LogP contribution in [0.4, 0.5) is 46.4 Å². The van der Waals surface area contributed by atoms with E-state index in [1.807, 2.05) is 0 Å². The van der Waals surface area contributed by atoms with E-state index in [0.717, 1.165) is 18.3 Å². The lowest BCUT2D eigenvalue weighted by Gasteiger charge is -2.27. The van der Waals surface area contributed by atoms with Gasteiger partial charge < -0.3 is 19.9 Å². The molecule has 4 rings (SSSR count). The Bertz CT molecular complexity index is 1210. The molecule has 13 heteroatoms. The molecule has 1 aromatic carbocycles. The molecule has 0 bridgehead atoms. The summed E-state index contributed by atoms with van der Waals surface area (Å²) in [4.78, 5) is 15.6. The summed E-state index contributed by atoms with van der Waals surface area (Å²) in [6.07, 6.45) is -1.92. The molecule has 0 unspecified atom stereocenters. The van der Waals surface area contributed by atoms with Crippen molar-refractivity contribution in [2.24, 2.45) is 10.2 Å². The largest absolute Gasteiger partial charge is 0.416 e. The Morgan fingerprint density at radius 3 is 2.50 bits per heavy atom. The van der Waals surface area contributed by atoms with Gasteiger partial charge in [0.25, 0.3) is 5.95 Å². The van der Waals surface area contributed by atoms with E-state index in [-0.39, 0.29) is 24.0 Å². The Morgan fingerprint density at radius 1 is 1.06 bits per heavy atom. The minimum Gasteiger partial charge on any atom is -0.378 e. The normalized spacial score (nSPS) is 14.3. The third kappa shape index (κ3) is 6.42. The molecule has 1 aliphatic rings. The van der Waals surface area contributed by atoms with Gasteiger partial charge in [-0.2, -0.15) is 23.3 Å². The first-order valence-electron chi connectivity index (χ1n) is 11.0. The Hall–Kier alpha value is -3.87. The van der Waals surface area contributed by atoms with Crippen LogP contribution in [0.25, 0.3) is 0 Å². The summed E-state index contributed by atoms with van der Waals surface area (Å²) in [6.45, 7) is 2.13. The van der Waals surface area contributed by atoms with E-state index in [9.17, 15) is 17.6 Å². The van der Waals surface area contributed by atoms with E-state index in [1.165, 1.54) is 6.20 Å². The van der Waals surface area contributed by atoms with Crippen LogP contribution in [0.1, 0.15) is 11.3 Å². The number of rotatable bonds is 7. The maximum Gasteiger partial charge on any atom is 0.416 e. The van der Waals surface area contributed by atoms with Gasteiger partial charge in [0.2, 0.25) is 0 Å². The second kappa shape index (κ2) is 10.8.